The second kappa shape index (κ2) is 11.3. The van der Waals surface area contributed by atoms with Crippen molar-refractivity contribution in [3.05, 3.63) is 57.1 Å². The SMILES string of the molecule is NC(=O)C(F)(F)C1Cc2cc(Cl)c(Cl)cc2C1.c1cc2c(cc1CCCN1CCCC1)OCCO2. The van der Waals surface area contributed by atoms with E-state index in [1.165, 1.54) is 44.5 Å². The molecule has 5 rings (SSSR count). The Morgan fingerprint density at radius 1 is 1.00 bits per heavy atom. The summed E-state index contributed by atoms with van der Waals surface area (Å²) in [6.45, 7) is 5.16. The van der Waals surface area contributed by atoms with Gasteiger partial charge in [-0.15, -0.1) is 0 Å². The number of fused-ring (bicyclic) bond motifs is 2. The fourth-order valence-electron chi connectivity index (χ4n) is 4.83. The summed E-state index contributed by atoms with van der Waals surface area (Å²) >= 11 is 11.6. The van der Waals surface area contributed by atoms with Gasteiger partial charge in [0.05, 0.1) is 10.0 Å². The fourth-order valence-corrected chi connectivity index (χ4v) is 5.20. The van der Waals surface area contributed by atoms with Crippen LogP contribution in [0.5, 0.6) is 11.5 Å². The third-order valence-corrected chi connectivity index (χ3v) is 7.48. The number of ether oxygens (including phenoxy) is 2. The minimum absolute atomic E-state index is 0.0855. The molecule has 3 aliphatic rings. The lowest BCUT2D eigenvalue weighted by atomic mass is 9.98. The van der Waals surface area contributed by atoms with Crippen molar-refractivity contribution in [2.45, 2.75) is 44.4 Å². The van der Waals surface area contributed by atoms with Gasteiger partial charge in [-0.2, -0.15) is 8.78 Å². The van der Waals surface area contributed by atoms with E-state index in [-0.39, 0.29) is 12.8 Å². The van der Waals surface area contributed by atoms with E-state index in [9.17, 15) is 13.6 Å². The molecular formula is C26H30Cl2F2N2O3. The Balaban J connectivity index is 0.000000165. The van der Waals surface area contributed by atoms with E-state index in [4.69, 9.17) is 38.4 Å². The quantitative estimate of drug-likeness (QED) is 0.553. The van der Waals surface area contributed by atoms with Crippen molar-refractivity contribution in [3.63, 3.8) is 0 Å². The summed E-state index contributed by atoms with van der Waals surface area (Å²) in [5.41, 5.74) is 7.46. The predicted molar refractivity (Wildman–Crippen MR) is 133 cm³/mol. The molecule has 2 aromatic rings. The van der Waals surface area contributed by atoms with Crippen LogP contribution in [0.2, 0.25) is 10.0 Å². The van der Waals surface area contributed by atoms with Crippen LogP contribution in [0.15, 0.2) is 30.3 Å². The summed E-state index contributed by atoms with van der Waals surface area (Å²) in [6, 6.07) is 9.47. The molecule has 0 spiro atoms. The number of hydrogen-bond donors (Lipinski definition) is 1. The zero-order valence-corrected chi connectivity index (χ0v) is 21.0. The van der Waals surface area contributed by atoms with Crippen LogP contribution in [0.3, 0.4) is 0 Å². The van der Waals surface area contributed by atoms with Gasteiger partial charge in [0.2, 0.25) is 0 Å². The van der Waals surface area contributed by atoms with Crippen LogP contribution in [0.25, 0.3) is 0 Å². The number of carbonyl (C=O) groups excluding carboxylic acids is 1. The van der Waals surface area contributed by atoms with Crippen LogP contribution < -0.4 is 15.2 Å². The molecule has 1 amide bonds. The number of nitrogens with two attached hydrogens (primary N) is 1. The summed E-state index contributed by atoms with van der Waals surface area (Å²) in [4.78, 5) is 13.3. The number of nitrogens with zero attached hydrogens (tertiary/aromatic N) is 1. The molecule has 0 saturated carbocycles. The number of primary amides is 1. The third kappa shape index (κ3) is 6.38. The van der Waals surface area contributed by atoms with Gasteiger partial charge in [-0.05, 0) is 99.1 Å². The minimum Gasteiger partial charge on any atom is -0.486 e. The van der Waals surface area contributed by atoms with E-state index < -0.39 is 17.7 Å². The number of aryl methyl sites for hydroxylation is 1. The number of hydrogen-bond acceptors (Lipinski definition) is 4. The Morgan fingerprint density at radius 2 is 1.60 bits per heavy atom. The normalized spacial score (nSPS) is 17.6. The monoisotopic (exact) mass is 526 g/mol. The Labute approximate surface area is 214 Å². The van der Waals surface area contributed by atoms with Crippen molar-refractivity contribution < 1.29 is 23.0 Å². The molecule has 1 saturated heterocycles. The molecule has 2 aromatic carbocycles. The van der Waals surface area contributed by atoms with Gasteiger partial charge in [0.15, 0.2) is 11.5 Å². The number of likely N-dealkylation sites (tertiary alicyclic amines) is 1. The number of amides is 1. The van der Waals surface area contributed by atoms with Crippen LogP contribution in [-0.4, -0.2) is 49.6 Å². The molecule has 0 radical (unpaired) electrons. The fraction of sp³-hybridized carbons (Fsp3) is 0.500. The van der Waals surface area contributed by atoms with Gasteiger partial charge in [-0.1, -0.05) is 29.3 Å². The molecule has 0 atom stereocenters. The Kier molecular flexibility index (Phi) is 8.40. The van der Waals surface area contributed by atoms with Gasteiger partial charge in [0.1, 0.15) is 13.2 Å². The van der Waals surface area contributed by atoms with E-state index in [0.717, 1.165) is 17.9 Å². The lowest BCUT2D eigenvalue weighted by Gasteiger charge is -2.19. The smallest absolute Gasteiger partial charge is 0.327 e. The maximum absolute atomic E-state index is 13.5. The largest absolute Gasteiger partial charge is 0.486 e. The highest BCUT2D eigenvalue weighted by Crippen LogP contribution is 2.40. The zero-order chi connectivity index (χ0) is 25.0. The van der Waals surface area contributed by atoms with Crippen LogP contribution in [0, 0.1) is 5.92 Å². The highest BCUT2D eigenvalue weighted by atomic mass is 35.5. The Hall–Kier alpha value is -2.09. The molecule has 2 heterocycles. The predicted octanol–water partition coefficient (Wildman–Crippen LogP) is 5.32. The zero-order valence-electron chi connectivity index (χ0n) is 19.5. The van der Waals surface area contributed by atoms with E-state index in [2.05, 4.69) is 17.0 Å². The molecule has 0 aromatic heterocycles. The van der Waals surface area contributed by atoms with E-state index >= 15 is 0 Å². The first-order valence-corrected chi connectivity index (χ1v) is 12.7. The first-order valence-electron chi connectivity index (χ1n) is 12.0. The van der Waals surface area contributed by atoms with Crippen molar-refractivity contribution >= 4 is 29.1 Å². The Bertz CT molecular complexity index is 1030. The second-order valence-electron chi connectivity index (χ2n) is 9.26. The summed E-state index contributed by atoms with van der Waals surface area (Å²) in [7, 11) is 0. The third-order valence-electron chi connectivity index (χ3n) is 6.76. The van der Waals surface area contributed by atoms with Gasteiger partial charge in [-0.3, -0.25) is 4.79 Å². The van der Waals surface area contributed by atoms with Gasteiger partial charge < -0.3 is 20.1 Å². The molecule has 1 aliphatic carbocycles. The topological polar surface area (TPSA) is 64.8 Å². The number of halogens is 4. The van der Waals surface area contributed by atoms with Gasteiger partial charge in [0.25, 0.3) is 5.91 Å². The van der Waals surface area contributed by atoms with E-state index in [1.54, 1.807) is 12.1 Å². The number of carbonyl (C=O) groups is 1. The molecule has 35 heavy (non-hydrogen) atoms. The standard InChI is InChI=1S/C15H21NO2.C11H9Cl2F2NO/c1-2-8-16(7-1)9-3-4-13-5-6-14-15(12-13)18-11-10-17-14;12-8-3-5-1-7(11(14,15)10(16)17)2-6(5)4-9(8)13/h5-6,12H,1-4,7-11H2;3-4,7H,1-2H2,(H2,16,17). The van der Waals surface area contributed by atoms with Gasteiger partial charge in [-0.25, -0.2) is 0 Å². The van der Waals surface area contributed by atoms with Crippen molar-refractivity contribution in [3.8, 4) is 11.5 Å². The number of rotatable bonds is 6. The lowest BCUT2D eigenvalue weighted by molar-refractivity contribution is -0.149. The maximum atomic E-state index is 13.5. The van der Waals surface area contributed by atoms with Gasteiger partial charge in [0, 0.05) is 5.92 Å². The summed E-state index contributed by atoms with van der Waals surface area (Å²) in [6.07, 6.45) is 5.30. The van der Waals surface area contributed by atoms with Crippen LogP contribution in [0.1, 0.15) is 36.0 Å². The second-order valence-corrected chi connectivity index (χ2v) is 10.1. The molecule has 2 aliphatic heterocycles. The van der Waals surface area contributed by atoms with Crippen LogP contribution in [-0.2, 0) is 24.1 Å². The molecular weight excluding hydrogens is 497 g/mol. The minimum atomic E-state index is -3.50. The van der Waals surface area contributed by atoms with E-state index in [1.807, 2.05) is 6.07 Å². The maximum Gasteiger partial charge on any atom is 0.327 e. The first-order chi connectivity index (χ1) is 16.7. The summed E-state index contributed by atoms with van der Waals surface area (Å²) < 4.78 is 38.1. The molecule has 2 N–H and O–H groups in total. The number of benzene rings is 2. The Morgan fingerprint density at radius 3 is 2.20 bits per heavy atom. The average molecular weight is 527 g/mol. The van der Waals surface area contributed by atoms with Crippen molar-refractivity contribution in [2.75, 3.05) is 32.8 Å². The van der Waals surface area contributed by atoms with Gasteiger partial charge >= 0.3 is 5.92 Å². The summed E-state index contributed by atoms with van der Waals surface area (Å²) in [5.74, 6) is -4.39. The van der Waals surface area contributed by atoms with E-state index in [0.29, 0.717) is 34.4 Å². The molecule has 5 nitrogen and oxygen atoms in total. The van der Waals surface area contributed by atoms with Crippen LogP contribution in [0.4, 0.5) is 8.78 Å². The highest BCUT2D eigenvalue weighted by Gasteiger charge is 2.47. The van der Waals surface area contributed by atoms with Crippen molar-refractivity contribution in [1.82, 2.24) is 4.90 Å². The average Bonchev–Trinajstić information content (AvgIpc) is 3.50. The first kappa shape index (κ1) is 26.0. The van der Waals surface area contributed by atoms with Crippen LogP contribution >= 0.6 is 23.2 Å². The van der Waals surface area contributed by atoms with Crippen molar-refractivity contribution in [1.29, 1.82) is 0 Å². The number of alkyl halides is 2. The molecule has 0 bridgehead atoms. The highest BCUT2D eigenvalue weighted by molar-refractivity contribution is 6.42. The molecule has 9 heteroatoms. The molecule has 190 valence electrons. The van der Waals surface area contributed by atoms with Crippen molar-refractivity contribution in [2.24, 2.45) is 11.7 Å². The lowest BCUT2D eigenvalue weighted by Crippen LogP contribution is -2.42. The molecule has 1 fully saturated rings. The molecule has 0 unspecified atom stereocenters. The summed E-state index contributed by atoms with van der Waals surface area (Å²) in [5, 5.41) is 0.655.